The maximum Gasteiger partial charge on any atom is 0.233 e. The van der Waals surface area contributed by atoms with Gasteiger partial charge in [-0.1, -0.05) is 0 Å². The molecule has 0 aliphatic carbocycles. The Morgan fingerprint density at radius 1 is 1.29 bits per heavy atom. The molecule has 0 radical (unpaired) electrons. The fourth-order valence-electron chi connectivity index (χ4n) is 1.03. The first kappa shape index (κ1) is 13.4. The first-order chi connectivity index (χ1) is 6.49. The number of rotatable bonds is 7. The van der Waals surface area contributed by atoms with Crippen LogP contribution in [0.4, 0.5) is 0 Å². The minimum atomic E-state index is -0.335. The van der Waals surface area contributed by atoms with Crippen LogP contribution in [0.15, 0.2) is 0 Å². The SMILES string of the molecule is CC(C)(C)ON(C=O)CCCCCO. The second-order valence-corrected chi connectivity index (χ2v) is 4.23. The summed E-state index contributed by atoms with van der Waals surface area (Å²) in [5.74, 6) is 0. The largest absolute Gasteiger partial charge is 0.396 e. The highest BCUT2D eigenvalue weighted by Gasteiger charge is 2.15. The Hall–Kier alpha value is -0.610. The van der Waals surface area contributed by atoms with E-state index in [1.807, 2.05) is 20.8 Å². The Morgan fingerprint density at radius 2 is 1.93 bits per heavy atom. The van der Waals surface area contributed by atoms with Gasteiger partial charge in [-0.15, -0.1) is 0 Å². The maximum atomic E-state index is 10.6. The molecule has 1 amide bonds. The van der Waals surface area contributed by atoms with Crippen molar-refractivity contribution < 1.29 is 14.7 Å². The Balaban J connectivity index is 3.64. The average molecular weight is 203 g/mol. The number of nitrogens with zero attached hydrogens (tertiary/aromatic N) is 1. The third-order valence-electron chi connectivity index (χ3n) is 1.55. The molecule has 4 nitrogen and oxygen atoms in total. The first-order valence-corrected chi connectivity index (χ1v) is 5.01. The Kier molecular flexibility index (Phi) is 6.49. The third-order valence-corrected chi connectivity index (χ3v) is 1.55. The minimum Gasteiger partial charge on any atom is -0.396 e. The van der Waals surface area contributed by atoms with E-state index >= 15 is 0 Å². The van der Waals surface area contributed by atoms with E-state index < -0.39 is 0 Å². The molecule has 0 unspecified atom stereocenters. The molecule has 14 heavy (non-hydrogen) atoms. The average Bonchev–Trinajstić information content (AvgIpc) is 2.08. The van der Waals surface area contributed by atoms with Crippen LogP contribution in [0.25, 0.3) is 0 Å². The van der Waals surface area contributed by atoms with Gasteiger partial charge in [0, 0.05) is 13.2 Å². The molecule has 0 spiro atoms. The highest BCUT2D eigenvalue weighted by atomic mass is 16.7. The van der Waals surface area contributed by atoms with Gasteiger partial charge in [-0.25, -0.2) is 5.06 Å². The van der Waals surface area contributed by atoms with Crippen LogP contribution in [0, 0.1) is 0 Å². The zero-order valence-corrected chi connectivity index (χ0v) is 9.32. The number of carbonyl (C=O) groups is 1. The van der Waals surface area contributed by atoms with E-state index in [0.29, 0.717) is 13.0 Å². The van der Waals surface area contributed by atoms with E-state index in [1.54, 1.807) is 0 Å². The van der Waals surface area contributed by atoms with Gasteiger partial charge in [0.05, 0.1) is 5.60 Å². The van der Waals surface area contributed by atoms with Gasteiger partial charge in [0.15, 0.2) is 0 Å². The third kappa shape index (κ3) is 8.01. The lowest BCUT2D eigenvalue weighted by Crippen LogP contribution is -2.33. The van der Waals surface area contributed by atoms with Crippen molar-refractivity contribution in [2.45, 2.75) is 45.6 Å². The molecule has 0 aromatic heterocycles. The number of aliphatic hydroxyl groups excluding tert-OH is 1. The fraction of sp³-hybridized carbons (Fsp3) is 0.900. The Morgan fingerprint density at radius 3 is 2.36 bits per heavy atom. The van der Waals surface area contributed by atoms with Gasteiger partial charge in [0.2, 0.25) is 6.41 Å². The van der Waals surface area contributed by atoms with Gasteiger partial charge < -0.3 is 5.11 Å². The van der Waals surface area contributed by atoms with Gasteiger partial charge >= 0.3 is 0 Å². The van der Waals surface area contributed by atoms with E-state index in [-0.39, 0.29) is 12.2 Å². The van der Waals surface area contributed by atoms with Crippen molar-refractivity contribution in [1.82, 2.24) is 5.06 Å². The summed E-state index contributed by atoms with van der Waals surface area (Å²) in [5, 5.41) is 9.88. The van der Waals surface area contributed by atoms with Gasteiger partial charge in [0.1, 0.15) is 0 Å². The molecule has 84 valence electrons. The standard InChI is InChI=1S/C10H21NO3/c1-10(2,3)14-11(9-13)7-5-4-6-8-12/h9,12H,4-8H2,1-3H3. The Labute approximate surface area is 85.8 Å². The molecule has 0 aliphatic rings. The molecule has 0 saturated carbocycles. The summed E-state index contributed by atoms with van der Waals surface area (Å²) in [6, 6.07) is 0. The number of aliphatic hydroxyl groups is 1. The molecule has 0 bridgehead atoms. The van der Waals surface area contributed by atoms with Crippen LogP contribution in [-0.4, -0.2) is 35.3 Å². The second-order valence-electron chi connectivity index (χ2n) is 4.23. The van der Waals surface area contributed by atoms with E-state index in [4.69, 9.17) is 9.94 Å². The summed E-state index contributed by atoms with van der Waals surface area (Å²) in [5.41, 5.74) is -0.335. The van der Waals surface area contributed by atoms with Crippen molar-refractivity contribution in [2.75, 3.05) is 13.2 Å². The first-order valence-electron chi connectivity index (χ1n) is 5.01. The van der Waals surface area contributed by atoms with Gasteiger partial charge in [-0.2, -0.15) is 0 Å². The number of hydroxylamine groups is 2. The molecule has 0 aromatic carbocycles. The molecule has 0 fully saturated rings. The van der Waals surface area contributed by atoms with Crippen molar-refractivity contribution in [1.29, 1.82) is 0 Å². The maximum absolute atomic E-state index is 10.6. The fourth-order valence-corrected chi connectivity index (χ4v) is 1.03. The van der Waals surface area contributed by atoms with Gasteiger partial charge in [-0.05, 0) is 40.0 Å². The molecule has 0 aliphatic heterocycles. The van der Waals surface area contributed by atoms with Crippen LogP contribution in [0.2, 0.25) is 0 Å². The van der Waals surface area contributed by atoms with Gasteiger partial charge in [0.25, 0.3) is 0 Å². The number of unbranched alkanes of at least 4 members (excludes halogenated alkanes) is 2. The normalized spacial score (nSPS) is 11.4. The molecule has 4 heteroatoms. The number of hydrogen-bond donors (Lipinski definition) is 1. The molecule has 0 saturated heterocycles. The minimum absolute atomic E-state index is 0.210. The molecule has 0 rings (SSSR count). The number of amides is 1. The summed E-state index contributed by atoms with van der Waals surface area (Å²) in [6.07, 6.45) is 3.25. The van der Waals surface area contributed by atoms with Crippen LogP contribution in [0.3, 0.4) is 0 Å². The monoisotopic (exact) mass is 203 g/mol. The summed E-state index contributed by atoms with van der Waals surface area (Å²) < 4.78 is 0. The lowest BCUT2D eigenvalue weighted by molar-refractivity contribution is -0.216. The lowest BCUT2D eigenvalue weighted by atomic mass is 10.2. The molecular formula is C10H21NO3. The smallest absolute Gasteiger partial charge is 0.233 e. The van der Waals surface area contributed by atoms with E-state index in [0.717, 1.165) is 19.3 Å². The summed E-state index contributed by atoms with van der Waals surface area (Å²) in [7, 11) is 0. The summed E-state index contributed by atoms with van der Waals surface area (Å²) in [6.45, 7) is 6.49. The topological polar surface area (TPSA) is 49.8 Å². The highest BCUT2D eigenvalue weighted by Crippen LogP contribution is 2.09. The molecule has 0 atom stereocenters. The van der Waals surface area contributed by atoms with Crippen LogP contribution >= 0.6 is 0 Å². The van der Waals surface area contributed by atoms with E-state index in [9.17, 15) is 4.79 Å². The van der Waals surface area contributed by atoms with Gasteiger partial charge in [-0.3, -0.25) is 9.63 Å². The zero-order chi connectivity index (χ0) is 11.0. The molecule has 0 aromatic rings. The van der Waals surface area contributed by atoms with Crippen LogP contribution in [0.1, 0.15) is 40.0 Å². The van der Waals surface area contributed by atoms with Crippen LogP contribution in [0.5, 0.6) is 0 Å². The lowest BCUT2D eigenvalue weighted by Gasteiger charge is -2.26. The molecule has 0 heterocycles. The number of hydrogen-bond acceptors (Lipinski definition) is 3. The van der Waals surface area contributed by atoms with E-state index in [1.165, 1.54) is 5.06 Å². The quantitative estimate of drug-likeness (QED) is 0.386. The molecule has 1 N–H and O–H groups in total. The van der Waals surface area contributed by atoms with E-state index in [2.05, 4.69) is 0 Å². The van der Waals surface area contributed by atoms with Crippen LogP contribution < -0.4 is 0 Å². The van der Waals surface area contributed by atoms with Crippen molar-refractivity contribution in [2.24, 2.45) is 0 Å². The van der Waals surface area contributed by atoms with Crippen LogP contribution in [-0.2, 0) is 9.63 Å². The highest BCUT2D eigenvalue weighted by molar-refractivity contribution is 5.44. The predicted octanol–water partition coefficient (Wildman–Crippen LogP) is 1.34. The second kappa shape index (κ2) is 6.79. The van der Waals surface area contributed by atoms with Crippen molar-refractivity contribution >= 4 is 6.41 Å². The number of carbonyl (C=O) groups excluding carboxylic acids is 1. The predicted molar refractivity (Wildman–Crippen MR) is 54.5 cm³/mol. The van der Waals surface area contributed by atoms with Crippen molar-refractivity contribution in [3.8, 4) is 0 Å². The van der Waals surface area contributed by atoms with Crippen molar-refractivity contribution in [3.05, 3.63) is 0 Å². The zero-order valence-electron chi connectivity index (χ0n) is 9.32. The Bertz CT molecular complexity index is 154. The summed E-state index contributed by atoms with van der Waals surface area (Å²) in [4.78, 5) is 16.0. The van der Waals surface area contributed by atoms with Crippen molar-refractivity contribution in [3.63, 3.8) is 0 Å². The summed E-state index contributed by atoms with van der Waals surface area (Å²) >= 11 is 0. The molecular weight excluding hydrogens is 182 g/mol.